The summed E-state index contributed by atoms with van der Waals surface area (Å²) < 4.78 is 5.49. The van der Waals surface area contributed by atoms with Gasteiger partial charge in [-0.25, -0.2) is 0 Å². The first-order valence-corrected chi connectivity index (χ1v) is 8.37. The monoisotopic (exact) mass is 331 g/mol. The smallest absolute Gasteiger partial charge is 0.0594 e. The Morgan fingerprint density at radius 2 is 2.09 bits per heavy atom. The second-order valence-electron chi connectivity index (χ2n) is 5.71. The Morgan fingerprint density at radius 1 is 1.22 bits per heavy atom. The Hall–Kier alpha value is -1.46. The van der Waals surface area contributed by atoms with E-state index < -0.39 is 0 Å². The minimum atomic E-state index is 0.300. The molecule has 0 saturated carbocycles. The molecule has 0 spiro atoms. The molecule has 1 aromatic carbocycles. The summed E-state index contributed by atoms with van der Waals surface area (Å²) in [5.74, 6) is 0. The van der Waals surface area contributed by atoms with E-state index in [4.69, 9.17) is 16.3 Å². The predicted octanol–water partition coefficient (Wildman–Crippen LogP) is 2.90. The van der Waals surface area contributed by atoms with Crippen molar-refractivity contribution in [3.05, 3.63) is 64.9 Å². The molecule has 0 amide bonds. The van der Waals surface area contributed by atoms with Gasteiger partial charge >= 0.3 is 0 Å². The maximum Gasteiger partial charge on any atom is 0.0594 e. The van der Waals surface area contributed by atoms with Crippen LogP contribution in [0, 0.1) is 0 Å². The van der Waals surface area contributed by atoms with E-state index >= 15 is 0 Å². The van der Waals surface area contributed by atoms with Gasteiger partial charge < -0.3 is 10.1 Å². The predicted molar refractivity (Wildman–Crippen MR) is 92.5 cm³/mol. The number of nitrogens with one attached hydrogen (secondary N) is 1. The summed E-state index contributed by atoms with van der Waals surface area (Å²) in [6, 6.07) is 12.5. The number of ether oxygens (including phenoxy) is 1. The molecular weight excluding hydrogens is 310 g/mol. The van der Waals surface area contributed by atoms with E-state index in [0.29, 0.717) is 6.04 Å². The van der Waals surface area contributed by atoms with Crippen LogP contribution in [0.1, 0.15) is 17.2 Å². The number of aromatic nitrogens is 1. The van der Waals surface area contributed by atoms with Gasteiger partial charge in [0.25, 0.3) is 0 Å². The van der Waals surface area contributed by atoms with E-state index in [2.05, 4.69) is 33.4 Å². The average molecular weight is 332 g/mol. The molecule has 23 heavy (non-hydrogen) atoms. The zero-order valence-corrected chi connectivity index (χ0v) is 13.9. The van der Waals surface area contributed by atoms with Gasteiger partial charge in [0.1, 0.15) is 0 Å². The van der Waals surface area contributed by atoms with E-state index in [1.165, 1.54) is 11.1 Å². The number of nitrogens with zero attached hydrogens (tertiary/aromatic N) is 2. The Kier molecular flexibility index (Phi) is 6.00. The maximum absolute atomic E-state index is 6.19. The first kappa shape index (κ1) is 16.4. The van der Waals surface area contributed by atoms with Crippen molar-refractivity contribution in [2.45, 2.75) is 12.6 Å². The van der Waals surface area contributed by atoms with Crippen LogP contribution in [0.25, 0.3) is 0 Å². The third kappa shape index (κ3) is 4.75. The Bertz CT molecular complexity index is 602. The molecule has 0 radical (unpaired) electrons. The van der Waals surface area contributed by atoms with Gasteiger partial charge in [-0.05, 0) is 29.3 Å². The summed E-state index contributed by atoms with van der Waals surface area (Å²) in [4.78, 5) is 6.62. The zero-order valence-electron chi connectivity index (χ0n) is 13.1. The van der Waals surface area contributed by atoms with E-state index in [9.17, 15) is 0 Å². The molecule has 1 aliphatic rings. The summed E-state index contributed by atoms with van der Waals surface area (Å²) >= 11 is 6.19. The Morgan fingerprint density at radius 3 is 2.83 bits per heavy atom. The minimum absolute atomic E-state index is 0.300. The first-order valence-electron chi connectivity index (χ1n) is 8.00. The lowest BCUT2D eigenvalue weighted by Crippen LogP contribution is -2.42. The highest BCUT2D eigenvalue weighted by Gasteiger charge is 2.22. The van der Waals surface area contributed by atoms with Gasteiger partial charge in [0.15, 0.2) is 0 Å². The molecular formula is C18H22ClN3O. The highest BCUT2D eigenvalue weighted by molar-refractivity contribution is 6.30. The Labute approximate surface area is 142 Å². The molecule has 0 aliphatic carbocycles. The molecule has 3 rings (SSSR count). The topological polar surface area (TPSA) is 37.4 Å². The largest absolute Gasteiger partial charge is 0.379 e. The molecule has 0 unspecified atom stereocenters. The van der Waals surface area contributed by atoms with Gasteiger partial charge in [-0.15, -0.1) is 0 Å². The summed E-state index contributed by atoms with van der Waals surface area (Å²) in [6.45, 7) is 5.17. The number of halogens is 1. The summed E-state index contributed by atoms with van der Waals surface area (Å²) in [5.41, 5.74) is 2.44. The molecule has 1 saturated heterocycles. The summed E-state index contributed by atoms with van der Waals surface area (Å²) in [5, 5.41) is 4.34. The van der Waals surface area contributed by atoms with Gasteiger partial charge in [0.2, 0.25) is 0 Å². The highest BCUT2D eigenvalue weighted by atomic mass is 35.5. The Balaban J connectivity index is 1.67. The fourth-order valence-corrected chi connectivity index (χ4v) is 3.12. The molecule has 1 aromatic heterocycles. The van der Waals surface area contributed by atoms with Gasteiger partial charge in [0, 0.05) is 49.6 Å². The number of rotatable bonds is 6. The van der Waals surface area contributed by atoms with Crippen LogP contribution in [-0.4, -0.2) is 42.7 Å². The zero-order chi connectivity index (χ0) is 15.9. The van der Waals surface area contributed by atoms with Crippen molar-refractivity contribution in [1.29, 1.82) is 0 Å². The third-order valence-corrected chi connectivity index (χ3v) is 4.34. The molecule has 0 bridgehead atoms. The van der Waals surface area contributed by atoms with Crippen LogP contribution in [-0.2, 0) is 11.3 Å². The lowest BCUT2D eigenvalue weighted by molar-refractivity contribution is 0.0161. The van der Waals surface area contributed by atoms with E-state index in [1.54, 1.807) is 6.20 Å². The number of morpholine rings is 1. The van der Waals surface area contributed by atoms with Crippen molar-refractivity contribution >= 4 is 11.6 Å². The van der Waals surface area contributed by atoms with Crippen LogP contribution in [0.15, 0.2) is 48.8 Å². The fourth-order valence-electron chi connectivity index (χ4n) is 2.92. The number of hydrogen-bond acceptors (Lipinski definition) is 4. The SMILES string of the molecule is Clc1cccc([C@H](CNCc2cccnc2)N2CCOCC2)c1. The van der Waals surface area contributed by atoms with Crippen molar-refractivity contribution in [3.63, 3.8) is 0 Å². The molecule has 1 atom stereocenters. The van der Waals surface area contributed by atoms with Crippen molar-refractivity contribution in [3.8, 4) is 0 Å². The standard InChI is InChI=1S/C18H22ClN3O/c19-17-5-1-4-16(11-17)18(22-7-9-23-10-8-22)14-21-13-15-3-2-6-20-12-15/h1-6,11-12,18,21H,7-10,13-14H2/t18-/m0/s1. The molecule has 1 aliphatic heterocycles. The quantitative estimate of drug-likeness (QED) is 0.883. The second-order valence-corrected chi connectivity index (χ2v) is 6.15. The second kappa shape index (κ2) is 8.41. The summed E-state index contributed by atoms with van der Waals surface area (Å²) in [7, 11) is 0. The van der Waals surface area contributed by atoms with Crippen LogP contribution >= 0.6 is 11.6 Å². The lowest BCUT2D eigenvalue weighted by atomic mass is 10.0. The van der Waals surface area contributed by atoms with Crippen molar-refractivity contribution in [2.75, 3.05) is 32.8 Å². The number of benzene rings is 1. The normalized spacial score (nSPS) is 17.1. The van der Waals surface area contributed by atoms with E-state index in [-0.39, 0.29) is 0 Å². The minimum Gasteiger partial charge on any atom is -0.379 e. The molecule has 1 N–H and O–H groups in total. The van der Waals surface area contributed by atoms with Crippen LogP contribution in [0.3, 0.4) is 0 Å². The van der Waals surface area contributed by atoms with Gasteiger partial charge in [-0.1, -0.05) is 29.8 Å². The van der Waals surface area contributed by atoms with Crippen molar-refractivity contribution in [2.24, 2.45) is 0 Å². The van der Waals surface area contributed by atoms with Crippen molar-refractivity contribution in [1.82, 2.24) is 15.2 Å². The molecule has 5 heteroatoms. The highest BCUT2D eigenvalue weighted by Crippen LogP contribution is 2.24. The number of pyridine rings is 1. The van der Waals surface area contributed by atoms with Crippen molar-refractivity contribution < 1.29 is 4.74 Å². The number of hydrogen-bond donors (Lipinski definition) is 1. The van der Waals surface area contributed by atoms with Crippen LogP contribution in [0.2, 0.25) is 5.02 Å². The maximum atomic E-state index is 6.19. The molecule has 122 valence electrons. The van der Waals surface area contributed by atoms with Gasteiger partial charge in [-0.3, -0.25) is 9.88 Å². The van der Waals surface area contributed by atoms with Crippen LogP contribution in [0.4, 0.5) is 0 Å². The molecule has 2 heterocycles. The fraction of sp³-hybridized carbons (Fsp3) is 0.389. The molecule has 4 nitrogen and oxygen atoms in total. The molecule has 2 aromatic rings. The average Bonchev–Trinajstić information content (AvgIpc) is 2.60. The van der Waals surface area contributed by atoms with E-state index in [1.807, 2.05) is 24.4 Å². The lowest BCUT2D eigenvalue weighted by Gasteiger charge is -2.35. The first-order chi connectivity index (χ1) is 11.3. The van der Waals surface area contributed by atoms with Gasteiger partial charge in [-0.2, -0.15) is 0 Å². The van der Waals surface area contributed by atoms with Gasteiger partial charge in [0.05, 0.1) is 13.2 Å². The van der Waals surface area contributed by atoms with E-state index in [0.717, 1.165) is 44.4 Å². The van der Waals surface area contributed by atoms with Crippen LogP contribution < -0.4 is 5.32 Å². The summed E-state index contributed by atoms with van der Waals surface area (Å²) in [6.07, 6.45) is 3.70. The third-order valence-electron chi connectivity index (χ3n) is 4.11. The molecule has 1 fully saturated rings. The van der Waals surface area contributed by atoms with Crippen LogP contribution in [0.5, 0.6) is 0 Å².